The lowest BCUT2D eigenvalue weighted by atomic mass is 10.1. The number of rotatable bonds is 19. The number of esters is 2. The van der Waals surface area contributed by atoms with Crippen LogP contribution in [0, 0.1) is 0 Å². The maximum atomic E-state index is 12.4. The van der Waals surface area contributed by atoms with Crippen LogP contribution in [0.1, 0.15) is 52.0 Å². The van der Waals surface area contributed by atoms with Gasteiger partial charge in [0.05, 0.1) is 24.3 Å². The van der Waals surface area contributed by atoms with Crippen molar-refractivity contribution in [3.63, 3.8) is 0 Å². The molecule has 9 heteroatoms. The second-order valence-corrected chi connectivity index (χ2v) is 9.75. The zero-order valence-corrected chi connectivity index (χ0v) is 24.4. The lowest BCUT2D eigenvalue weighted by Gasteiger charge is -2.09. The smallest absolute Gasteiger partial charge is 0.343 e. The molecule has 230 valence electrons. The van der Waals surface area contributed by atoms with Crippen molar-refractivity contribution in [1.29, 1.82) is 0 Å². The molecule has 3 aromatic rings. The number of ether oxygens (including phenoxy) is 4. The number of hydrogen-bond acceptors (Lipinski definition) is 9. The van der Waals surface area contributed by atoms with Crippen LogP contribution in [-0.2, 0) is 20.7 Å². The van der Waals surface area contributed by atoms with Crippen molar-refractivity contribution in [2.24, 2.45) is 0 Å². The highest BCUT2D eigenvalue weighted by Crippen LogP contribution is 2.18. The number of benzene rings is 3. The normalized spacial score (nSPS) is 11.1. The molecule has 3 aromatic carbocycles. The molecule has 0 aliphatic heterocycles. The van der Waals surface area contributed by atoms with Gasteiger partial charge in [-0.1, -0.05) is 31.7 Å². The Morgan fingerprint density at radius 1 is 0.682 bits per heavy atom. The van der Waals surface area contributed by atoms with Crippen molar-refractivity contribution in [2.45, 2.75) is 38.2 Å². The van der Waals surface area contributed by atoms with Crippen LogP contribution in [0.5, 0.6) is 17.2 Å². The number of aliphatic hydroxyl groups is 1. The third kappa shape index (κ3) is 11.3. The predicted molar refractivity (Wildman–Crippen MR) is 164 cm³/mol. The first-order valence-corrected chi connectivity index (χ1v) is 14.2. The number of carbonyl (C=O) groups is 4. The fourth-order valence-corrected chi connectivity index (χ4v) is 3.91. The molecule has 3 rings (SSSR count). The molecule has 0 radical (unpaired) electrons. The Kier molecular flexibility index (Phi) is 13.6. The van der Waals surface area contributed by atoms with E-state index in [1.54, 1.807) is 72.8 Å². The quantitative estimate of drug-likeness (QED) is 0.0822. The molecule has 1 unspecified atom stereocenters. The fourth-order valence-electron chi connectivity index (χ4n) is 3.91. The average molecular weight is 601 g/mol. The molecule has 0 saturated carbocycles. The van der Waals surface area contributed by atoms with E-state index in [1.807, 2.05) is 0 Å². The minimum absolute atomic E-state index is 0.124. The molecule has 0 bridgehead atoms. The van der Waals surface area contributed by atoms with E-state index < -0.39 is 18.0 Å². The summed E-state index contributed by atoms with van der Waals surface area (Å²) in [4.78, 5) is 47.4. The molecule has 0 aliphatic carbocycles. The topological polar surface area (TPSA) is 125 Å². The largest absolute Gasteiger partial charge is 0.494 e. The third-order valence-corrected chi connectivity index (χ3v) is 6.47. The van der Waals surface area contributed by atoms with E-state index >= 15 is 0 Å². The van der Waals surface area contributed by atoms with E-state index in [9.17, 15) is 24.3 Å². The Balaban J connectivity index is 1.34. The summed E-state index contributed by atoms with van der Waals surface area (Å²) in [5.41, 5.74) is 1.64. The highest BCUT2D eigenvalue weighted by molar-refractivity contribution is 5.93. The van der Waals surface area contributed by atoms with Gasteiger partial charge in [-0.2, -0.15) is 0 Å². The van der Waals surface area contributed by atoms with Crippen molar-refractivity contribution in [2.75, 3.05) is 19.8 Å². The Bertz CT molecular complexity index is 1410. The molecule has 0 aliphatic rings. The number of aliphatic hydroxyl groups excluding tert-OH is 1. The fraction of sp³-hybridized carbons (Fsp3) is 0.257. The first-order chi connectivity index (χ1) is 21.3. The molecule has 44 heavy (non-hydrogen) atoms. The van der Waals surface area contributed by atoms with Gasteiger partial charge >= 0.3 is 11.9 Å². The van der Waals surface area contributed by atoms with Crippen molar-refractivity contribution in [3.8, 4) is 17.2 Å². The van der Waals surface area contributed by atoms with Crippen LogP contribution in [0.2, 0.25) is 0 Å². The predicted octanol–water partition coefficient (Wildman–Crippen LogP) is 5.49. The molecule has 1 N–H and O–H groups in total. The minimum atomic E-state index is -0.987. The third-order valence-electron chi connectivity index (χ3n) is 6.47. The second kappa shape index (κ2) is 17.8. The summed E-state index contributed by atoms with van der Waals surface area (Å²) in [6.45, 7) is 7.28. The van der Waals surface area contributed by atoms with Gasteiger partial charge in [-0.25, -0.2) is 9.59 Å². The van der Waals surface area contributed by atoms with Crippen LogP contribution in [0.3, 0.4) is 0 Å². The Labute approximate surface area is 256 Å². The van der Waals surface area contributed by atoms with Gasteiger partial charge in [-0.05, 0) is 97.6 Å². The SMILES string of the molecule is C=CC(=O)COc1ccc(C(=O)Oc2ccc(CCOC(=O)c3ccc(OCCCCCC(O)C(=O)C=C)cc3)cc2)cc1. The molecule has 0 aromatic heterocycles. The zero-order valence-electron chi connectivity index (χ0n) is 24.4. The van der Waals surface area contributed by atoms with Gasteiger partial charge in [0.2, 0.25) is 0 Å². The molecule has 0 fully saturated rings. The molecule has 9 nitrogen and oxygen atoms in total. The second-order valence-electron chi connectivity index (χ2n) is 9.75. The molecule has 1 atom stereocenters. The first kappa shape index (κ1) is 33.5. The van der Waals surface area contributed by atoms with Crippen molar-refractivity contribution in [3.05, 3.63) is 115 Å². The monoisotopic (exact) mass is 600 g/mol. The molecular weight excluding hydrogens is 564 g/mol. The zero-order chi connectivity index (χ0) is 31.7. The van der Waals surface area contributed by atoms with Gasteiger partial charge in [0.15, 0.2) is 18.2 Å². The molecular formula is C35H36O9. The van der Waals surface area contributed by atoms with Crippen molar-refractivity contribution < 1.29 is 43.2 Å². The lowest BCUT2D eigenvalue weighted by molar-refractivity contribution is -0.122. The summed E-state index contributed by atoms with van der Waals surface area (Å²) in [5.74, 6) is -0.135. The number of carbonyl (C=O) groups excluding carboxylic acids is 4. The Morgan fingerprint density at radius 3 is 1.89 bits per heavy atom. The van der Waals surface area contributed by atoms with E-state index in [4.69, 9.17) is 18.9 Å². The van der Waals surface area contributed by atoms with Crippen LogP contribution >= 0.6 is 0 Å². The van der Waals surface area contributed by atoms with Crippen LogP contribution in [0.15, 0.2) is 98.1 Å². The van der Waals surface area contributed by atoms with E-state index in [-0.39, 0.29) is 24.8 Å². The standard InChI is InChI=1S/C35H36O9/c1-3-28(36)24-43-30-19-13-27(14-20-30)35(40)44-31-15-9-25(10-16-31)21-23-42-34(39)26-11-17-29(18-12-26)41-22-7-5-6-8-33(38)32(37)4-2/h3-4,9-20,33,38H,1-2,5-8,21-24H2. The summed E-state index contributed by atoms with van der Waals surface area (Å²) in [6.07, 6.45) is 4.50. The highest BCUT2D eigenvalue weighted by Gasteiger charge is 2.12. The van der Waals surface area contributed by atoms with E-state index in [0.29, 0.717) is 54.2 Å². The van der Waals surface area contributed by atoms with Gasteiger partial charge in [-0.3, -0.25) is 9.59 Å². The van der Waals surface area contributed by atoms with Crippen molar-refractivity contribution >= 4 is 23.5 Å². The molecule has 0 spiro atoms. The summed E-state index contributed by atoms with van der Waals surface area (Å²) in [6, 6.07) is 19.9. The van der Waals surface area contributed by atoms with Crippen LogP contribution < -0.4 is 14.2 Å². The maximum absolute atomic E-state index is 12.4. The summed E-state index contributed by atoms with van der Waals surface area (Å²) in [7, 11) is 0. The Morgan fingerprint density at radius 2 is 1.27 bits per heavy atom. The van der Waals surface area contributed by atoms with Gasteiger partial charge in [0.25, 0.3) is 0 Å². The van der Waals surface area contributed by atoms with E-state index in [0.717, 1.165) is 24.5 Å². The van der Waals surface area contributed by atoms with Crippen LogP contribution in [-0.4, -0.2) is 54.5 Å². The minimum Gasteiger partial charge on any atom is -0.494 e. The van der Waals surface area contributed by atoms with Gasteiger partial charge in [0, 0.05) is 6.42 Å². The molecule has 0 heterocycles. The maximum Gasteiger partial charge on any atom is 0.343 e. The highest BCUT2D eigenvalue weighted by atomic mass is 16.5. The van der Waals surface area contributed by atoms with E-state index in [2.05, 4.69) is 13.2 Å². The van der Waals surface area contributed by atoms with Gasteiger partial charge in [-0.15, -0.1) is 0 Å². The van der Waals surface area contributed by atoms with Crippen LogP contribution in [0.4, 0.5) is 0 Å². The summed E-state index contributed by atoms with van der Waals surface area (Å²) < 4.78 is 21.8. The van der Waals surface area contributed by atoms with E-state index in [1.165, 1.54) is 6.08 Å². The summed E-state index contributed by atoms with van der Waals surface area (Å²) >= 11 is 0. The van der Waals surface area contributed by atoms with Crippen LogP contribution in [0.25, 0.3) is 0 Å². The average Bonchev–Trinajstić information content (AvgIpc) is 3.05. The van der Waals surface area contributed by atoms with Gasteiger partial charge in [0.1, 0.15) is 23.4 Å². The molecule has 0 amide bonds. The number of ketones is 2. The number of hydrogen-bond donors (Lipinski definition) is 1. The lowest BCUT2D eigenvalue weighted by Crippen LogP contribution is -2.17. The molecule has 0 saturated heterocycles. The van der Waals surface area contributed by atoms with Crippen molar-refractivity contribution in [1.82, 2.24) is 0 Å². The number of unbranched alkanes of at least 4 members (excludes halogenated alkanes) is 2. The van der Waals surface area contributed by atoms with Gasteiger partial charge < -0.3 is 24.1 Å². The Hall–Kier alpha value is -5.02. The summed E-state index contributed by atoms with van der Waals surface area (Å²) in [5, 5.41) is 9.62. The first-order valence-electron chi connectivity index (χ1n) is 14.2.